The molecule has 0 aliphatic carbocycles. The summed E-state index contributed by atoms with van der Waals surface area (Å²) in [6.45, 7) is 5.16. The van der Waals surface area contributed by atoms with Gasteiger partial charge in [-0.1, -0.05) is 0 Å². The third-order valence-electron chi connectivity index (χ3n) is 6.18. The molecular formula is C20H22FN3O5. The molecule has 8 nitrogen and oxygen atoms in total. The fourth-order valence-electron chi connectivity index (χ4n) is 5.14. The molecule has 0 bridgehead atoms. The van der Waals surface area contributed by atoms with Crippen LogP contribution in [0, 0.1) is 17.7 Å². The summed E-state index contributed by atoms with van der Waals surface area (Å²) in [6.07, 6.45) is -0.255. The summed E-state index contributed by atoms with van der Waals surface area (Å²) < 4.78 is 14.1. The lowest BCUT2D eigenvalue weighted by atomic mass is 9.76. The Morgan fingerprint density at radius 2 is 1.97 bits per heavy atom. The van der Waals surface area contributed by atoms with Gasteiger partial charge in [-0.05, 0) is 45.4 Å². The molecule has 0 unspecified atom stereocenters. The van der Waals surface area contributed by atoms with Gasteiger partial charge in [0.25, 0.3) is 5.91 Å². The second kappa shape index (κ2) is 6.09. The smallest absolute Gasteiger partial charge is 0.291 e. The third kappa shape index (κ3) is 2.60. The number of carbonyl (C=O) groups excluding carboxylic acids is 4. The Labute approximate surface area is 166 Å². The minimum Gasteiger partial charge on any atom is -0.550 e. The summed E-state index contributed by atoms with van der Waals surface area (Å²) in [7, 11) is 0. The molecule has 9 heteroatoms. The summed E-state index contributed by atoms with van der Waals surface area (Å²) in [5.41, 5.74) is -1.61. The largest absolute Gasteiger partial charge is 0.550 e. The molecule has 3 aliphatic heterocycles. The molecule has 4 rings (SSSR count). The number of amides is 3. The zero-order valence-corrected chi connectivity index (χ0v) is 16.3. The third-order valence-corrected chi connectivity index (χ3v) is 6.18. The van der Waals surface area contributed by atoms with Crippen molar-refractivity contribution in [2.45, 2.75) is 50.7 Å². The lowest BCUT2D eigenvalue weighted by Crippen LogP contribution is -2.99. The molecule has 1 aromatic rings. The highest BCUT2D eigenvalue weighted by Gasteiger charge is 2.74. The van der Waals surface area contributed by atoms with Crippen LogP contribution in [0.5, 0.6) is 0 Å². The fraction of sp³-hybridized carbons (Fsp3) is 0.500. The van der Waals surface area contributed by atoms with Crippen LogP contribution >= 0.6 is 0 Å². The quantitative estimate of drug-likeness (QED) is 0.617. The van der Waals surface area contributed by atoms with E-state index in [1.807, 2.05) is 0 Å². The summed E-state index contributed by atoms with van der Waals surface area (Å²) in [4.78, 5) is 52.0. The zero-order chi connectivity index (χ0) is 21.3. The van der Waals surface area contributed by atoms with Gasteiger partial charge in [0.05, 0.1) is 5.69 Å². The molecule has 4 atom stereocenters. The molecule has 2 fully saturated rings. The molecule has 3 heterocycles. The van der Waals surface area contributed by atoms with Gasteiger partial charge in [0.2, 0.25) is 17.4 Å². The predicted octanol–water partition coefficient (Wildman–Crippen LogP) is -1.15. The molecule has 0 aromatic heterocycles. The maximum atomic E-state index is 14.1. The van der Waals surface area contributed by atoms with Crippen molar-refractivity contribution in [3.8, 4) is 0 Å². The standard InChI is InChI=1S/C20H22FN3O5/c1-19(2,3)24-16(27)14-12(6-7-13(25)26)23-20(15(14)17(24)28)10-8-9(21)4-5-11(10)22-18(20)29/h4-5,8,12,14-15,23H,6-7H2,1-3H3,(H,22,29)(H,25,26)/t12-,14-,15+,20+/m1/s1. The molecule has 0 radical (unpaired) electrons. The van der Waals surface area contributed by atoms with Crippen LogP contribution in [-0.2, 0) is 24.7 Å². The first-order valence-corrected chi connectivity index (χ1v) is 9.53. The van der Waals surface area contributed by atoms with Gasteiger partial charge in [-0.2, -0.15) is 0 Å². The Morgan fingerprint density at radius 3 is 2.59 bits per heavy atom. The number of quaternary nitrogens is 1. The van der Waals surface area contributed by atoms with E-state index >= 15 is 0 Å². The normalized spacial score (nSPS) is 30.7. The van der Waals surface area contributed by atoms with E-state index in [2.05, 4.69) is 5.32 Å². The van der Waals surface area contributed by atoms with Gasteiger partial charge in [-0.15, -0.1) is 0 Å². The minimum absolute atomic E-state index is 0.0557. The molecule has 1 aromatic carbocycles. The van der Waals surface area contributed by atoms with Crippen molar-refractivity contribution in [3.05, 3.63) is 29.6 Å². The number of rotatable bonds is 3. The first kappa shape index (κ1) is 19.5. The van der Waals surface area contributed by atoms with E-state index in [0.29, 0.717) is 11.3 Å². The SMILES string of the molecule is CC(C)(C)N1C(=O)[C@H]2[C@@H](C1=O)[C@]1([NH2+][C@@H]2CCC(=O)[O-])C(=O)Nc2ccc(F)cc21. The highest BCUT2D eigenvalue weighted by atomic mass is 19.1. The van der Waals surface area contributed by atoms with Crippen LogP contribution in [0.4, 0.5) is 10.1 Å². The zero-order valence-electron chi connectivity index (χ0n) is 16.3. The number of anilines is 1. The fourth-order valence-corrected chi connectivity index (χ4v) is 5.14. The number of carboxylic acid groups (broad SMARTS) is 1. The highest BCUT2D eigenvalue weighted by Crippen LogP contribution is 2.50. The molecule has 2 saturated heterocycles. The van der Waals surface area contributed by atoms with E-state index in [1.54, 1.807) is 26.1 Å². The number of aliphatic carboxylic acids is 1. The van der Waals surface area contributed by atoms with E-state index in [-0.39, 0.29) is 12.8 Å². The van der Waals surface area contributed by atoms with Crippen molar-refractivity contribution in [1.29, 1.82) is 0 Å². The summed E-state index contributed by atoms with van der Waals surface area (Å²) in [5.74, 6) is -5.17. The van der Waals surface area contributed by atoms with Crippen LogP contribution in [0.25, 0.3) is 0 Å². The van der Waals surface area contributed by atoms with Gasteiger partial charge in [0.15, 0.2) is 0 Å². The number of hydrogen-bond donors (Lipinski definition) is 2. The maximum Gasteiger partial charge on any atom is 0.291 e. The first-order chi connectivity index (χ1) is 13.5. The second-order valence-corrected chi connectivity index (χ2v) is 8.94. The summed E-state index contributed by atoms with van der Waals surface area (Å²) in [5, 5.41) is 15.3. The van der Waals surface area contributed by atoms with Gasteiger partial charge >= 0.3 is 0 Å². The van der Waals surface area contributed by atoms with Crippen LogP contribution in [-0.4, -0.2) is 40.2 Å². The minimum atomic E-state index is -1.51. The van der Waals surface area contributed by atoms with E-state index in [1.165, 1.54) is 18.2 Å². The van der Waals surface area contributed by atoms with E-state index in [0.717, 1.165) is 4.90 Å². The van der Waals surface area contributed by atoms with Gasteiger partial charge in [0, 0.05) is 23.5 Å². The number of nitrogens with zero attached hydrogens (tertiary/aromatic N) is 1. The molecule has 3 aliphatic rings. The number of nitrogens with one attached hydrogen (secondary N) is 1. The summed E-state index contributed by atoms with van der Waals surface area (Å²) in [6, 6.07) is 3.22. The van der Waals surface area contributed by atoms with Crippen molar-refractivity contribution in [2.24, 2.45) is 11.8 Å². The Bertz CT molecular complexity index is 956. The van der Waals surface area contributed by atoms with Gasteiger partial charge in [-0.25, -0.2) is 4.39 Å². The number of likely N-dealkylation sites (tertiary alicyclic amines) is 1. The van der Waals surface area contributed by atoms with Crippen LogP contribution < -0.4 is 15.7 Å². The molecule has 3 N–H and O–H groups in total. The van der Waals surface area contributed by atoms with Crippen LogP contribution in [0.3, 0.4) is 0 Å². The van der Waals surface area contributed by atoms with Crippen molar-refractivity contribution >= 4 is 29.4 Å². The molecule has 3 amide bonds. The number of hydrogen-bond acceptors (Lipinski definition) is 5. The van der Waals surface area contributed by atoms with Gasteiger partial charge in [-0.3, -0.25) is 19.3 Å². The van der Waals surface area contributed by atoms with E-state index < -0.39 is 58.5 Å². The lowest BCUT2D eigenvalue weighted by molar-refractivity contribution is -0.734. The lowest BCUT2D eigenvalue weighted by Gasteiger charge is -2.33. The monoisotopic (exact) mass is 403 g/mol. The topological polar surface area (TPSA) is 123 Å². The Morgan fingerprint density at radius 1 is 1.28 bits per heavy atom. The molecule has 29 heavy (non-hydrogen) atoms. The van der Waals surface area contributed by atoms with Crippen molar-refractivity contribution in [3.63, 3.8) is 0 Å². The molecular weight excluding hydrogens is 381 g/mol. The van der Waals surface area contributed by atoms with Gasteiger partial charge < -0.3 is 20.5 Å². The van der Waals surface area contributed by atoms with E-state index in [9.17, 15) is 28.7 Å². The molecule has 0 saturated carbocycles. The average molecular weight is 403 g/mol. The number of benzene rings is 1. The molecule has 154 valence electrons. The predicted molar refractivity (Wildman–Crippen MR) is 95.2 cm³/mol. The van der Waals surface area contributed by atoms with Gasteiger partial charge in [0.1, 0.15) is 23.7 Å². The Kier molecular flexibility index (Phi) is 4.10. The first-order valence-electron chi connectivity index (χ1n) is 9.53. The number of imide groups is 1. The number of nitrogens with two attached hydrogens (primary N) is 1. The highest BCUT2D eigenvalue weighted by molar-refractivity contribution is 6.14. The number of fused-ring (bicyclic) bond motifs is 4. The number of carboxylic acids is 1. The Hall–Kier alpha value is -2.81. The van der Waals surface area contributed by atoms with Crippen LogP contribution in [0.15, 0.2) is 18.2 Å². The average Bonchev–Trinajstić information content (AvgIpc) is 3.18. The number of carbonyl (C=O) groups is 4. The van der Waals surface area contributed by atoms with Crippen molar-refractivity contribution in [2.75, 3.05) is 5.32 Å². The molecule has 1 spiro atoms. The van der Waals surface area contributed by atoms with Crippen LogP contribution in [0.2, 0.25) is 0 Å². The van der Waals surface area contributed by atoms with Crippen molar-refractivity contribution in [1.82, 2.24) is 4.90 Å². The second-order valence-electron chi connectivity index (χ2n) is 8.94. The number of halogens is 1. The van der Waals surface area contributed by atoms with Crippen molar-refractivity contribution < 1.29 is 34.0 Å². The van der Waals surface area contributed by atoms with Crippen LogP contribution in [0.1, 0.15) is 39.2 Å². The summed E-state index contributed by atoms with van der Waals surface area (Å²) >= 11 is 0. The Balaban J connectivity index is 1.88. The maximum absolute atomic E-state index is 14.1. The van der Waals surface area contributed by atoms with E-state index in [4.69, 9.17) is 0 Å².